The second kappa shape index (κ2) is 8.34. The van der Waals surface area contributed by atoms with Gasteiger partial charge in [-0.15, -0.1) is 0 Å². The molecule has 1 heterocycles. The van der Waals surface area contributed by atoms with E-state index in [1.807, 2.05) is 27.7 Å². The Labute approximate surface area is 95.1 Å². The first-order valence-corrected chi connectivity index (χ1v) is 6.18. The van der Waals surface area contributed by atoms with Crippen molar-refractivity contribution in [1.82, 2.24) is 0 Å². The topological polar surface area (TPSA) is 3.24 Å². The predicted molar refractivity (Wildman–Crippen MR) is 70.7 cm³/mol. The second-order valence-corrected chi connectivity index (χ2v) is 3.18. The second-order valence-electron chi connectivity index (χ2n) is 3.18. The lowest BCUT2D eigenvalue weighted by atomic mass is 10.1. The average Bonchev–Trinajstić information content (AvgIpc) is 2.25. The summed E-state index contributed by atoms with van der Waals surface area (Å²) in [6, 6.07) is 8.75. The van der Waals surface area contributed by atoms with Crippen LogP contribution in [0.15, 0.2) is 24.3 Å². The molecule has 0 bridgehead atoms. The van der Waals surface area contributed by atoms with Gasteiger partial charge in [0.05, 0.1) is 0 Å². The Balaban J connectivity index is 0.000000442. The molecule has 1 aromatic rings. The van der Waals surface area contributed by atoms with Gasteiger partial charge in [0.25, 0.3) is 0 Å². The first-order valence-electron chi connectivity index (χ1n) is 6.18. The van der Waals surface area contributed by atoms with Crippen LogP contribution in [0.5, 0.6) is 0 Å². The van der Waals surface area contributed by atoms with Gasteiger partial charge in [0.15, 0.2) is 0 Å². The molecule has 0 aliphatic carbocycles. The Morgan fingerprint density at radius 1 is 0.867 bits per heavy atom. The molecule has 1 nitrogen and oxygen atoms in total. The number of nitrogens with zero attached hydrogens (tertiary/aromatic N) is 1. The molecule has 0 aromatic heterocycles. The molecule has 86 valence electrons. The summed E-state index contributed by atoms with van der Waals surface area (Å²) in [7, 11) is 0. The third-order valence-electron chi connectivity index (χ3n) is 2.26. The number of aryl methyl sites for hydroxylation is 1. The van der Waals surface area contributed by atoms with Crippen molar-refractivity contribution in [2.75, 3.05) is 18.0 Å². The Kier molecular flexibility index (Phi) is 7.79. The summed E-state index contributed by atoms with van der Waals surface area (Å²) in [5, 5.41) is 0. The van der Waals surface area contributed by atoms with Crippen LogP contribution in [-0.2, 0) is 0 Å². The van der Waals surface area contributed by atoms with Crippen LogP contribution in [0.1, 0.15) is 39.7 Å². The molecular formula is C14H25N. The van der Waals surface area contributed by atoms with Crippen LogP contribution in [0, 0.1) is 6.92 Å². The molecule has 1 fully saturated rings. The van der Waals surface area contributed by atoms with Crippen LogP contribution in [0.4, 0.5) is 5.69 Å². The van der Waals surface area contributed by atoms with Crippen LogP contribution in [0.3, 0.4) is 0 Å². The van der Waals surface area contributed by atoms with Crippen LogP contribution < -0.4 is 4.90 Å². The fourth-order valence-corrected chi connectivity index (χ4v) is 1.33. The molecule has 0 unspecified atom stereocenters. The summed E-state index contributed by atoms with van der Waals surface area (Å²) in [6.07, 6.45) is 1.36. The SMILES string of the molecule is CC.CC.Cc1ccc(N2CCC2)cc1. The quantitative estimate of drug-likeness (QED) is 0.665. The largest absolute Gasteiger partial charge is 0.371 e. The number of anilines is 1. The zero-order valence-corrected chi connectivity index (χ0v) is 10.9. The molecule has 0 radical (unpaired) electrons. The van der Waals surface area contributed by atoms with Crippen molar-refractivity contribution >= 4 is 5.69 Å². The molecule has 0 amide bonds. The number of hydrogen-bond donors (Lipinski definition) is 0. The highest BCUT2D eigenvalue weighted by molar-refractivity contribution is 5.49. The van der Waals surface area contributed by atoms with E-state index in [4.69, 9.17) is 0 Å². The molecule has 0 spiro atoms. The predicted octanol–water partition coefficient (Wildman–Crippen LogP) is 4.26. The van der Waals surface area contributed by atoms with Crippen molar-refractivity contribution in [3.8, 4) is 0 Å². The van der Waals surface area contributed by atoms with E-state index in [2.05, 4.69) is 36.1 Å². The van der Waals surface area contributed by atoms with Crippen molar-refractivity contribution in [3.05, 3.63) is 29.8 Å². The lowest BCUT2D eigenvalue weighted by Crippen LogP contribution is -2.36. The van der Waals surface area contributed by atoms with Crippen molar-refractivity contribution in [2.24, 2.45) is 0 Å². The van der Waals surface area contributed by atoms with E-state index >= 15 is 0 Å². The van der Waals surface area contributed by atoms with E-state index in [1.54, 1.807) is 0 Å². The fourth-order valence-electron chi connectivity index (χ4n) is 1.33. The summed E-state index contributed by atoms with van der Waals surface area (Å²) in [6.45, 7) is 12.6. The highest BCUT2D eigenvalue weighted by Crippen LogP contribution is 2.20. The van der Waals surface area contributed by atoms with Crippen LogP contribution in [-0.4, -0.2) is 13.1 Å². The molecule has 1 heteroatoms. The zero-order chi connectivity index (χ0) is 11.7. The lowest BCUT2D eigenvalue weighted by molar-refractivity contribution is 0.618. The summed E-state index contributed by atoms with van der Waals surface area (Å²) < 4.78 is 0. The van der Waals surface area contributed by atoms with Gasteiger partial charge in [-0.1, -0.05) is 45.4 Å². The third kappa shape index (κ3) is 4.37. The Hall–Kier alpha value is -0.980. The Morgan fingerprint density at radius 3 is 1.67 bits per heavy atom. The maximum Gasteiger partial charge on any atom is 0.0366 e. The molecular weight excluding hydrogens is 182 g/mol. The van der Waals surface area contributed by atoms with E-state index in [0.717, 1.165) is 0 Å². The zero-order valence-electron chi connectivity index (χ0n) is 10.9. The van der Waals surface area contributed by atoms with Gasteiger partial charge in [-0.2, -0.15) is 0 Å². The van der Waals surface area contributed by atoms with E-state index in [-0.39, 0.29) is 0 Å². The van der Waals surface area contributed by atoms with Gasteiger partial charge >= 0.3 is 0 Å². The van der Waals surface area contributed by atoms with Crippen molar-refractivity contribution in [2.45, 2.75) is 41.0 Å². The molecule has 1 aliphatic heterocycles. The minimum atomic E-state index is 1.24. The van der Waals surface area contributed by atoms with Crippen LogP contribution >= 0.6 is 0 Å². The Morgan fingerprint density at radius 2 is 1.33 bits per heavy atom. The Bertz CT molecular complexity index is 234. The molecule has 0 saturated carbocycles. The summed E-state index contributed by atoms with van der Waals surface area (Å²) in [4.78, 5) is 2.40. The molecule has 1 aliphatic rings. The van der Waals surface area contributed by atoms with Gasteiger partial charge in [0, 0.05) is 18.8 Å². The van der Waals surface area contributed by atoms with E-state index in [9.17, 15) is 0 Å². The molecule has 15 heavy (non-hydrogen) atoms. The highest BCUT2D eigenvalue weighted by Gasteiger charge is 2.12. The average molecular weight is 207 g/mol. The van der Waals surface area contributed by atoms with Crippen LogP contribution in [0.2, 0.25) is 0 Å². The summed E-state index contributed by atoms with van der Waals surface area (Å²) >= 11 is 0. The van der Waals surface area contributed by atoms with Gasteiger partial charge < -0.3 is 4.90 Å². The van der Waals surface area contributed by atoms with E-state index in [1.165, 1.54) is 30.8 Å². The van der Waals surface area contributed by atoms with Gasteiger partial charge in [-0.25, -0.2) is 0 Å². The normalized spacial score (nSPS) is 12.7. The smallest absolute Gasteiger partial charge is 0.0366 e. The fraction of sp³-hybridized carbons (Fsp3) is 0.571. The third-order valence-corrected chi connectivity index (χ3v) is 2.26. The molecule has 0 atom stereocenters. The molecule has 0 N–H and O–H groups in total. The van der Waals surface area contributed by atoms with Crippen molar-refractivity contribution in [1.29, 1.82) is 0 Å². The minimum absolute atomic E-state index is 1.24. The first kappa shape index (κ1) is 14.0. The van der Waals surface area contributed by atoms with Crippen molar-refractivity contribution < 1.29 is 0 Å². The van der Waals surface area contributed by atoms with Gasteiger partial charge in [0.2, 0.25) is 0 Å². The monoisotopic (exact) mass is 207 g/mol. The van der Waals surface area contributed by atoms with Crippen LogP contribution in [0.25, 0.3) is 0 Å². The van der Waals surface area contributed by atoms with Gasteiger partial charge in [-0.3, -0.25) is 0 Å². The lowest BCUT2D eigenvalue weighted by Gasteiger charge is -2.33. The van der Waals surface area contributed by atoms with E-state index < -0.39 is 0 Å². The maximum absolute atomic E-state index is 2.40. The maximum atomic E-state index is 2.40. The van der Waals surface area contributed by atoms with Crippen molar-refractivity contribution in [3.63, 3.8) is 0 Å². The molecule has 1 aromatic carbocycles. The summed E-state index contributed by atoms with van der Waals surface area (Å²) in [5.41, 5.74) is 2.72. The minimum Gasteiger partial charge on any atom is -0.371 e. The number of benzene rings is 1. The first-order chi connectivity index (χ1) is 7.36. The van der Waals surface area contributed by atoms with Gasteiger partial charge in [-0.05, 0) is 25.5 Å². The summed E-state index contributed by atoms with van der Waals surface area (Å²) in [5.74, 6) is 0. The highest BCUT2D eigenvalue weighted by atomic mass is 15.2. The van der Waals surface area contributed by atoms with Gasteiger partial charge in [0.1, 0.15) is 0 Å². The molecule has 1 saturated heterocycles. The number of rotatable bonds is 1. The number of hydrogen-bond acceptors (Lipinski definition) is 1. The standard InChI is InChI=1S/C10H13N.2C2H6/c1-9-3-5-10(6-4-9)11-7-2-8-11;2*1-2/h3-6H,2,7-8H2,1H3;2*1-2H3. The van der Waals surface area contributed by atoms with E-state index in [0.29, 0.717) is 0 Å². The molecule has 2 rings (SSSR count).